The van der Waals surface area contributed by atoms with Gasteiger partial charge in [-0.15, -0.1) is 0 Å². The molecule has 5 atom stereocenters. The summed E-state index contributed by atoms with van der Waals surface area (Å²) in [5.41, 5.74) is 0. The van der Waals surface area contributed by atoms with Crippen molar-refractivity contribution in [2.24, 2.45) is 5.92 Å². The Bertz CT molecular complexity index is 256. The average molecular weight is 292 g/mol. The number of ether oxygens (including phenoxy) is 2. The van der Waals surface area contributed by atoms with E-state index in [9.17, 15) is 15.3 Å². The average Bonchev–Trinajstić information content (AvgIpc) is 2.42. The van der Waals surface area contributed by atoms with Crippen molar-refractivity contribution in [1.29, 1.82) is 0 Å². The predicted octanol–water partition coefficient (Wildman–Crippen LogP) is 0.367. The monoisotopic (exact) mass is 292 g/mol. The Balaban J connectivity index is 2.53. The number of aliphatic hydroxyl groups excluding tert-OH is 4. The summed E-state index contributed by atoms with van der Waals surface area (Å²) in [6.45, 7) is 3.70. The van der Waals surface area contributed by atoms with E-state index < -0.39 is 37.5 Å². The second kappa shape index (κ2) is 8.92. The molecule has 1 fully saturated rings. The van der Waals surface area contributed by atoms with Gasteiger partial charge in [-0.1, -0.05) is 26.7 Å². The lowest BCUT2D eigenvalue weighted by atomic mass is 9.97. The van der Waals surface area contributed by atoms with E-state index in [0.717, 1.165) is 25.7 Å². The Morgan fingerprint density at radius 1 is 1.20 bits per heavy atom. The quantitative estimate of drug-likeness (QED) is 0.482. The molecule has 0 aromatic carbocycles. The Kier molecular flexibility index (Phi) is 7.94. The summed E-state index contributed by atoms with van der Waals surface area (Å²) in [6.07, 6.45) is -1.08. The van der Waals surface area contributed by atoms with Crippen molar-refractivity contribution < 1.29 is 29.9 Å². The molecule has 0 amide bonds. The van der Waals surface area contributed by atoms with Crippen LogP contribution in [0.2, 0.25) is 0 Å². The van der Waals surface area contributed by atoms with Crippen LogP contribution in [0.1, 0.15) is 46.0 Å². The van der Waals surface area contributed by atoms with Gasteiger partial charge >= 0.3 is 0 Å². The van der Waals surface area contributed by atoms with E-state index in [1.807, 2.05) is 13.8 Å². The van der Waals surface area contributed by atoms with E-state index in [1.54, 1.807) is 0 Å². The van der Waals surface area contributed by atoms with Crippen molar-refractivity contribution in [2.45, 2.75) is 76.8 Å². The van der Waals surface area contributed by atoms with Crippen molar-refractivity contribution in [2.75, 3.05) is 6.61 Å². The highest BCUT2D eigenvalue weighted by atomic mass is 16.7. The molecule has 4 N–H and O–H groups in total. The topological polar surface area (TPSA) is 99.4 Å². The van der Waals surface area contributed by atoms with E-state index in [0.29, 0.717) is 0 Å². The van der Waals surface area contributed by atoms with Crippen LogP contribution in [-0.4, -0.2) is 57.9 Å². The zero-order valence-corrected chi connectivity index (χ0v) is 12.3. The van der Waals surface area contributed by atoms with Gasteiger partial charge in [0.1, 0.15) is 12.2 Å². The van der Waals surface area contributed by atoms with E-state index in [4.69, 9.17) is 14.6 Å². The molecule has 0 bridgehead atoms. The fraction of sp³-hybridized carbons (Fsp3) is 1.00. The third-order valence-corrected chi connectivity index (χ3v) is 3.73. The highest BCUT2D eigenvalue weighted by molar-refractivity contribution is 4.82. The van der Waals surface area contributed by atoms with Gasteiger partial charge in [0.2, 0.25) is 0 Å². The first-order valence-electron chi connectivity index (χ1n) is 7.49. The van der Waals surface area contributed by atoms with E-state index in [-0.39, 0.29) is 12.3 Å². The lowest BCUT2D eigenvalue weighted by Crippen LogP contribution is -2.51. The van der Waals surface area contributed by atoms with Crippen LogP contribution >= 0.6 is 0 Å². The minimum atomic E-state index is -1.13. The number of aliphatic hydroxyl groups is 4. The van der Waals surface area contributed by atoms with Gasteiger partial charge in [0, 0.05) is 12.3 Å². The molecule has 120 valence electrons. The normalized spacial score (nSPS) is 32.5. The molecule has 0 saturated carbocycles. The first kappa shape index (κ1) is 17.8. The summed E-state index contributed by atoms with van der Waals surface area (Å²) in [6, 6.07) is 0. The molecule has 0 spiro atoms. The summed E-state index contributed by atoms with van der Waals surface area (Å²) in [4.78, 5) is 0. The van der Waals surface area contributed by atoms with Crippen LogP contribution in [-0.2, 0) is 9.47 Å². The van der Waals surface area contributed by atoms with Crippen LogP contribution in [0.3, 0.4) is 0 Å². The molecule has 0 aliphatic carbocycles. The van der Waals surface area contributed by atoms with Crippen molar-refractivity contribution in [1.82, 2.24) is 0 Å². The third-order valence-electron chi connectivity index (χ3n) is 3.73. The Labute approximate surface area is 120 Å². The SMILES string of the molecule is CCCC(CCC)C(O)OC1CC(O)C(O)C(CO)O1. The molecule has 20 heavy (non-hydrogen) atoms. The molecule has 1 saturated heterocycles. The summed E-state index contributed by atoms with van der Waals surface area (Å²) >= 11 is 0. The zero-order chi connectivity index (χ0) is 15.1. The fourth-order valence-electron chi connectivity index (χ4n) is 2.59. The van der Waals surface area contributed by atoms with Gasteiger partial charge in [0.15, 0.2) is 12.6 Å². The lowest BCUT2D eigenvalue weighted by Gasteiger charge is -2.37. The maximum Gasteiger partial charge on any atom is 0.163 e. The minimum absolute atomic E-state index is 0.0326. The molecule has 0 radical (unpaired) electrons. The summed E-state index contributed by atoms with van der Waals surface area (Å²) in [7, 11) is 0. The molecule has 1 heterocycles. The summed E-state index contributed by atoms with van der Waals surface area (Å²) in [5.74, 6) is 0.0326. The first-order chi connectivity index (χ1) is 9.53. The fourth-order valence-corrected chi connectivity index (χ4v) is 2.59. The maximum absolute atomic E-state index is 10.1. The van der Waals surface area contributed by atoms with Gasteiger partial charge in [-0.3, -0.25) is 0 Å². The van der Waals surface area contributed by atoms with Crippen LogP contribution < -0.4 is 0 Å². The smallest absolute Gasteiger partial charge is 0.163 e. The van der Waals surface area contributed by atoms with Crippen molar-refractivity contribution in [3.63, 3.8) is 0 Å². The summed E-state index contributed by atoms with van der Waals surface area (Å²) in [5, 5.41) is 38.5. The van der Waals surface area contributed by atoms with Gasteiger partial charge < -0.3 is 29.9 Å². The van der Waals surface area contributed by atoms with Gasteiger partial charge in [0.25, 0.3) is 0 Å². The number of rotatable bonds is 8. The highest BCUT2D eigenvalue weighted by Crippen LogP contribution is 2.25. The minimum Gasteiger partial charge on any atom is -0.394 e. The van der Waals surface area contributed by atoms with Gasteiger partial charge in [-0.2, -0.15) is 0 Å². The highest BCUT2D eigenvalue weighted by Gasteiger charge is 2.38. The van der Waals surface area contributed by atoms with Crippen LogP contribution in [0.15, 0.2) is 0 Å². The molecule has 0 aromatic heterocycles. The van der Waals surface area contributed by atoms with Crippen LogP contribution in [0.4, 0.5) is 0 Å². The summed E-state index contributed by atoms with van der Waals surface area (Å²) < 4.78 is 10.8. The molecule has 1 aliphatic heterocycles. The number of hydrogen-bond donors (Lipinski definition) is 4. The Morgan fingerprint density at radius 3 is 2.30 bits per heavy atom. The van der Waals surface area contributed by atoms with Crippen LogP contribution in [0.25, 0.3) is 0 Å². The van der Waals surface area contributed by atoms with E-state index in [1.165, 1.54) is 0 Å². The van der Waals surface area contributed by atoms with Gasteiger partial charge in [-0.05, 0) is 12.8 Å². The second-order valence-electron chi connectivity index (χ2n) is 5.44. The maximum atomic E-state index is 10.1. The first-order valence-corrected chi connectivity index (χ1v) is 7.49. The zero-order valence-electron chi connectivity index (χ0n) is 12.3. The molecule has 5 unspecified atom stereocenters. The lowest BCUT2D eigenvalue weighted by molar-refractivity contribution is -0.304. The predicted molar refractivity (Wildman–Crippen MR) is 72.8 cm³/mol. The van der Waals surface area contributed by atoms with Crippen LogP contribution in [0, 0.1) is 5.92 Å². The molecule has 1 rings (SSSR count). The molecule has 6 heteroatoms. The van der Waals surface area contributed by atoms with Crippen molar-refractivity contribution >= 4 is 0 Å². The van der Waals surface area contributed by atoms with Crippen LogP contribution in [0.5, 0.6) is 0 Å². The molecular formula is C14H28O6. The molecule has 0 aromatic rings. The van der Waals surface area contributed by atoms with Gasteiger partial charge in [-0.25, -0.2) is 0 Å². The molecule has 1 aliphatic rings. The van der Waals surface area contributed by atoms with E-state index >= 15 is 0 Å². The number of hydrogen-bond acceptors (Lipinski definition) is 6. The third kappa shape index (κ3) is 4.95. The van der Waals surface area contributed by atoms with Crippen molar-refractivity contribution in [3.05, 3.63) is 0 Å². The largest absolute Gasteiger partial charge is 0.394 e. The standard InChI is InChI=1S/C14H28O6/c1-3-5-9(6-4-2)14(18)20-12-7-10(16)13(17)11(8-15)19-12/h9-18H,3-8H2,1-2H3. The van der Waals surface area contributed by atoms with Crippen molar-refractivity contribution in [3.8, 4) is 0 Å². The second-order valence-corrected chi connectivity index (χ2v) is 5.44. The Morgan fingerprint density at radius 2 is 1.80 bits per heavy atom. The molecular weight excluding hydrogens is 264 g/mol. The Hall–Kier alpha value is -0.240. The molecule has 6 nitrogen and oxygen atoms in total. The van der Waals surface area contributed by atoms with Gasteiger partial charge in [0.05, 0.1) is 12.7 Å². The van der Waals surface area contributed by atoms with E-state index in [2.05, 4.69) is 0 Å².